The Morgan fingerprint density at radius 2 is 1.89 bits per heavy atom. The molecule has 0 saturated carbocycles. The lowest BCUT2D eigenvalue weighted by molar-refractivity contribution is -0.126. The molecule has 1 fully saturated rings. The number of nitrogens with one attached hydrogen (secondary N) is 2. The number of ether oxygens (including phenoxy) is 2. The van der Waals surface area contributed by atoms with Gasteiger partial charge in [0.1, 0.15) is 12.4 Å². The molecule has 1 saturated heterocycles. The van der Waals surface area contributed by atoms with Crippen LogP contribution in [0.1, 0.15) is 28.6 Å². The van der Waals surface area contributed by atoms with Crippen molar-refractivity contribution < 1.29 is 28.3 Å². The number of cyclic esters (lactones) is 1. The molecule has 1 aliphatic heterocycles. The van der Waals surface area contributed by atoms with Gasteiger partial charge in [-0.25, -0.2) is 4.79 Å². The molecule has 0 spiro atoms. The van der Waals surface area contributed by atoms with Crippen LogP contribution in [0.15, 0.2) is 71.3 Å². The SMILES string of the molecule is COCC(=O)Nc1cccc(C2OC(=O)N(Cc3ccc(C)cc3)C2C(=O)NCc2ccco2)c1. The van der Waals surface area contributed by atoms with E-state index in [1.54, 1.807) is 36.4 Å². The highest BCUT2D eigenvalue weighted by molar-refractivity contribution is 5.92. The van der Waals surface area contributed by atoms with Gasteiger partial charge in [-0.1, -0.05) is 42.0 Å². The molecule has 1 aromatic heterocycles. The van der Waals surface area contributed by atoms with E-state index in [2.05, 4.69) is 10.6 Å². The van der Waals surface area contributed by atoms with Crippen LogP contribution in [0.3, 0.4) is 0 Å². The van der Waals surface area contributed by atoms with E-state index in [9.17, 15) is 14.4 Å². The number of hydrogen-bond acceptors (Lipinski definition) is 6. The number of rotatable bonds is 9. The Morgan fingerprint density at radius 3 is 2.60 bits per heavy atom. The highest BCUT2D eigenvalue weighted by Crippen LogP contribution is 2.35. The van der Waals surface area contributed by atoms with Gasteiger partial charge in [-0.2, -0.15) is 0 Å². The zero-order chi connectivity index (χ0) is 24.8. The number of amides is 3. The second kappa shape index (κ2) is 10.9. The quantitative estimate of drug-likeness (QED) is 0.488. The minimum Gasteiger partial charge on any atom is -0.467 e. The number of furan rings is 1. The second-order valence-corrected chi connectivity index (χ2v) is 8.27. The van der Waals surface area contributed by atoms with Gasteiger partial charge in [0.2, 0.25) is 11.8 Å². The van der Waals surface area contributed by atoms with Crippen LogP contribution in [-0.2, 0) is 32.2 Å². The molecule has 2 aromatic carbocycles. The summed E-state index contributed by atoms with van der Waals surface area (Å²) in [7, 11) is 1.43. The van der Waals surface area contributed by atoms with E-state index < -0.39 is 18.2 Å². The van der Waals surface area contributed by atoms with Crippen molar-refractivity contribution in [3.8, 4) is 0 Å². The molecule has 2 unspecified atom stereocenters. The van der Waals surface area contributed by atoms with Crippen LogP contribution in [0.5, 0.6) is 0 Å². The maximum absolute atomic E-state index is 13.4. The normalized spacial score (nSPS) is 17.2. The van der Waals surface area contributed by atoms with Gasteiger partial charge < -0.3 is 24.5 Å². The third kappa shape index (κ3) is 5.88. The topological polar surface area (TPSA) is 110 Å². The van der Waals surface area contributed by atoms with E-state index in [-0.39, 0.29) is 31.5 Å². The van der Waals surface area contributed by atoms with Crippen LogP contribution in [-0.4, -0.2) is 42.6 Å². The molecule has 3 amide bonds. The molecule has 0 radical (unpaired) electrons. The van der Waals surface area contributed by atoms with E-state index >= 15 is 0 Å². The van der Waals surface area contributed by atoms with Gasteiger partial charge in [0.05, 0.1) is 19.4 Å². The lowest BCUT2D eigenvalue weighted by Crippen LogP contribution is -2.46. The molecule has 0 bridgehead atoms. The van der Waals surface area contributed by atoms with Crippen LogP contribution >= 0.6 is 0 Å². The summed E-state index contributed by atoms with van der Waals surface area (Å²) in [4.78, 5) is 39.7. The predicted octanol–water partition coefficient (Wildman–Crippen LogP) is 3.55. The Morgan fingerprint density at radius 1 is 1.09 bits per heavy atom. The van der Waals surface area contributed by atoms with Gasteiger partial charge in [0, 0.05) is 12.8 Å². The average Bonchev–Trinajstić information content (AvgIpc) is 3.47. The van der Waals surface area contributed by atoms with Crippen molar-refractivity contribution in [3.63, 3.8) is 0 Å². The zero-order valence-electron chi connectivity index (χ0n) is 19.5. The number of anilines is 1. The first-order chi connectivity index (χ1) is 16.9. The lowest BCUT2D eigenvalue weighted by Gasteiger charge is -2.24. The van der Waals surface area contributed by atoms with Gasteiger partial charge >= 0.3 is 6.09 Å². The van der Waals surface area contributed by atoms with E-state index in [0.717, 1.165) is 11.1 Å². The predicted molar refractivity (Wildman–Crippen MR) is 127 cm³/mol. The van der Waals surface area contributed by atoms with E-state index in [4.69, 9.17) is 13.9 Å². The van der Waals surface area contributed by atoms with Gasteiger partial charge in [-0.05, 0) is 42.3 Å². The fourth-order valence-corrected chi connectivity index (χ4v) is 3.91. The number of methoxy groups -OCH3 is 1. The highest BCUT2D eigenvalue weighted by Gasteiger charge is 2.47. The number of carbonyl (C=O) groups excluding carboxylic acids is 3. The summed E-state index contributed by atoms with van der Waals surface area (Å²) in [5.74, 6) is -0.104. The summed E-state index contributed by atoms with van der Waals surface area (Å²) in [6.07, 6.45) is 0.0610. The summed E-state index contributed by atoms with van der Waals surface area (Å²) in [6, 6.07) is 17.2. The molecule has 9 nitrogen and oxygen atoms in total. The van der Waals surface area contributed by atoms with Gasteiger partial charge in [-0.3, -0.25) is 14.5 Å². The molecule has 2 atom stereocenters. The highest BCUT2D eigenvalue weighted by atomic mass is 16.6. The van der Waals surface area contributed by atoms with Crippen molar-refractivity contribution in [3.05, 3.63) is 89.4 Å². The van der Waals surface area contributed by atoms with Gasteiger partial charge in [-0.15, -0.1) is 0 Å². The Balaban J connectivity index is 1.60. The maximum atomic E-state index is 13.4. The monoisotopic (exact) mass is 477 g/mol. The van der Waals surface area contributed by atoms with Crippen molar-refractivity contribution in [1.82, 2.24) is 10.2 Å². The second-order valence-electron chi connectivity index (χ2n) is 8.27. The van der Waals surface area contributed by atoms with Gasteiger partial charge in [0.25, 0.3) is 0 Å². The summed E-state index contributed by atoms with van der Waals surface area (Å²) < 4.78 is 15.9. The molecular formula is C26H27N3O6. The number of carbonyl (C=O) groups is 3. The van der Waals surface area contributed by atoms with Crippen molar-refractivity contribution in [2.45, 2.75) is 32.2 Å². The van der Waals surface area contributed by atoms with Crippen molar-refractivity contribution in [1.29, 1.82) is 0 Å². The molecule has 9 heteroatoms. The van der Waals surface area contributed by atoms with Crippen LogP contribution in [0, 0.1) is 6.92 Å². The van der Waals surface area contributed by atoms with Crippen molar-refractivity contribution in [2.75, 3.05) is 19.0 Å². The Kier molecular flexibility index (Phi) is 7.47. The first-order valence-electron chi connectivity index (χ1n) is 11.2. The molecule has 4 rings (SSSR count). The first kappa shape index (κ1) is 24.0. The smallest absolute Gasteiger partial charge is 0.411 e. The average molecular weight is 478 g/mol. The van der Waals surface area contributed by atoms with Crippen LogP contribution in [0.4, 0.5) is 10.5 Å². The third-order valence-electron chi connectivity index (χ3n) is 5.62. The molecule has 3 aromatic rings. The number of hydrogen-bond donors (Lipinski definition) is 2. The van der Waals surface area contributed by atoms with Crippen LogP contribution < -0.4 is 10.6 Å². The zero-order valence-corrected chi connectivity index (χ0v) is 19.5. The Bertz CT molecular complexity index is 1180. The van der Waals surface area contributed by atoms with Crippen molar-refractivity contribution in [2.24, 2.45) is 0 Å². The molecule has 1 aliphatic rings. The molecule has 2 N–H and O–H groups in total. The fourth-order valence-electron chi connectivity index (χ4n) is 3.91. The number of aryl methyl sites for hydroxylation is 1. The van der Waals surface area contributed by atoms with Crippen molar-refractivity contribution >= 4 is 23.6 Å². The lowest BCUT2D eigenvalue weighted by atomic mass is 10.00. The Labute approximate surface area is 203 Å². The number of benzene rings is 2. The van der Waals surface area contributed by atoms with E-state index in [1.807, 2.05) is 31.2 Å². The van der Waals surface area contributed by atoms with E-state index in [1.165, 1.54) is 18.3 Å². The minimum absolute atomic E-state index is 0.0925. The van der Waals surface area contributed by atoms with Gasteiger partial charge in [0.15, 0.2) is 12.1 Å². The standard InChI is InChI=1S/C26H27N3O6/c1-17-8-10-18(11-9-17)15-29-23(25(31)27-14-21-7-4-12-34-21)24(35-26(29)32)19-5-3-6-20(13-19)28-22(30)16-33-2/h3-13,23-24H,14-16H2,1-2H3,(H,27,31)(H,28,30). The Hall–Kier alpha value is -4.11. The van der Waals surface area contributed by atoms with Crippen LogP contribution in [0.25, 0.3) is 0 Å². The summed E-state index contributed by atoms with van der Waals surface area (Å²) in [6.45, 7) is 2.27. The van der Waals surface area contributed by atoms with E-state index in [0.29, 0.717) is 17.0 Å². The summed E-state index contributed by atoms with van der Waals surface area (Å²) >= 11 is 0. The third-order valence-corrected chi connectivity index (χ3v) is 5.62. The molecule has 0 aliphatic carbocycles. The molecule has 2 heterocycles. The molecule has 35 heavy (non-hydrogen) atoms. The maximum Gasteiger partial charge on any atom is 0.411 e. The first-order valence-corrected chi connectivity index (χ1v) is 11.2. The summed E-state index contributed by atoms with van der Waals surface area (Å²) in [5.41, 5.74) is 3.05. The largest absolute Gasteiger partial charge is 0.467 e. The van der Waals surface area contributed by atoms with Crippen LogP contribution in [0.2, 0.25) is 0 Å². The molecular weight excluding hydrogens is 450 g/mol. The number of nitrogens with zero attached hydrogens (tertiary/aromatic N) is 1. The molecule has 182 valence electrons. The summed E-state index contributed by atoms with van der Waals surface area (Å²) in [5, 5.41) is 5.57. The minimum atomic E-state index is -0.927. The fraction of sp³-hybridized carbons (Fsp3) is 0.269.